The number of nitrogens with zero attached hydrogens (tertiary/aromatic N) is 2. The van der Waals surface area contributed by atoms with Crippen LogP contribution in [0.2, 0.25) is 0 Å². The van der Waals surface area contributed by atoms with E-state index in [4.69, 9.17) is 0 Å². The van der Waals surface area contributed by atoms with Crippen molar-refractivity contribution in [2.24, 2.45) is 0 Å². The van der Waals surface area contributed by atoms with Crippen LogP contribution in [0.5, 0.6) is 0 Å². The summed E-state index contributed by atoms with van der Waals surface area (Å²) in [6, 6.07) is 18.0. The first kappa shape index (κ1) is 25.0. The third-order valence-corrected chi connectivity index (χ3v) is 6.21. The van der Waals surface area contributed by atoms with Gasteiger partial charge in [0.2, 0.25) is 5.91 Å². The number of hydrogen-bond acceptors (Lipinski definition) is 5. The fourth-order valence-electron chi connectivity index (χ4n) is 4.14. The number of Topliss-reactive ketones (excluding diaryl/α,β-unsaturated/α-hetero) is 1. The highest BCUT2D eigenvalue weighted by molar-refractivity contribution is 6.03. The molecule has 7 nitrogen and oxygen atoms in total. The van der Waals surface area contributed by atoms with E-state index >= 15 is 0 Å². The molecular weight excluding hydrogens is 452 g/mol. The van der Waals surface area contributed by atoms with Crippen LogP contribution in [0.4, 0.5) is 5.69 Å². The number of rotatable bonds is 11. The molecule has 0 bridgehead atoms. The molecule has 0 saturated heterocycles. The summed E-state index contributed by atoms with van der Waals surface area (Å²) >= 11 is 0. The molecule has 0 fully saturated rings. The van der Waals surface area contributed by atoms with Crippen molar-refractivity contribution in [3.8, 4) is 0 Å². The van der Waals surface area contributed by atoms with E-state index in [1.54, 1.807) is 30.6 Å². The van der Waals surface area contributed by atoms with Gasteiger partial charge in [-0.05, 0) is 53.9 Å². The van der Waals surface area contributed by atoms with Gasteiger partial charge in [-0.3, -0.25) is 24.4 Å². The Balaban J connectivity index is 1.46. The highest BCUT2D eigenvalue weighted by atomic mass is 16.2. The SMILES string of the molecule is CCC(=O)CCCCC[C@H](NC(=O)c1ccc2nccnc2c1)C(=O)Nc1ccc2ccccc2c1. The molecule has 1 heterocycles. The number of anilines is 1. The third-order valence-electron chi connectivity index (χ3n) is 6.21. The molecule has 0 aliphatic rings. The van der Waals surface area contributed by atoms with Gasteiger partial charge in [-0.1, -0.05) is 50.1 Å². The van der Waals surface area contributed by atoms with Crippen molar-refractivity contribution in [1.82, 2.24) is 15.3 Å². The van der Waals surface area contributed by atoms with E-state index in [-0.39, 0.29) is 17.6 Å². The van der Waals surface area contributed by atoms with Crippen LogP contribution in [0.15, 0.2) is 73.1 Å². The number of nitrogens with one attached hydrogen (secondary N) is 2. The largest absolute Gasteiger partial charge is 0.340 e. The molecule has 0 saturated carbocycles. The fraction of sp³-hybridized carbons (Fsp3) is 0.276. The van der Waals surface area contributed by atoms with Gasteiger partial charge in [-0.15, -0.1) is 0 Å². The first-order chi connectivity index (χ1) is 17.5. The van der Waals surface area contributed by atoms with E-state index in [0.717, 1.165) is 30.0 Å². The fourth-order valence-corrected chi connectivity index (χ4v) is 4.14. The maximum atomic E-state index is 13.2. The van der Waals surface area contributed by atoms with E-state index in [0.29, 0.717) is 41.5 Å². The summed E-state index contributed by atoms with van der Waals surface area (Å²) in [6.07, 6.45) is 7.05. The van der Waals surface area contributed by atoms with Crippen LogP contribution in [0.1, 0.15) is 55.8 Å². The van der Waals surface area contributed by atoms with Gasteiger partial charge >= 0.3 is 0 Å². The summed E-state index contributed by atoms with van der Waals surface area (Å²) in [5, 5.41) is 7.97. The Hall–Kier alpha value is -4.13. The molecule has 0 radical (unpaired) electrons. The molecule has 3 aromatic carbocycles. The van der Waals surface area contributed by atoms with Crippen molar-refractivity contribution in [3.63, 3.8) is 0 Å². The van der Waals surface area contributed by atoms with Crippen molar-refractivity contribution in [2.75, 3.05) is 5.32 Å². The zero-order chi connectivity index (χ0) is 25.3. The second-order valence-electron chi connectivity index (χ2n) is 8.83. The minimum absolute atomic E-state index is 0.244. The Labute approximate surface area is 210 Å². The highest BCUT2D eigenvalue weighted by Crippen LogP contribution is 2.20. The van der Waals surface area contributed by atoms with Crippen LogP contribution in [0.25, 0.3) is 21.8 Å². The molecule has 7 heteroatoms. The molecule has 4 aromatic rings. The number of ketones is 1. The predicted octanol–water partition coefficient (Wildman–Crippen LogP) is 5.45. The van der Waals surface area contributed by atoms with Crippen molar-refractivity contribution < 1.29 is 14.4 Å². The summed E-state index contributed by atoms with van der Waals surface area (Å²) in [5.41, 5.74) is 2.40. The molecule has 1 aromatic heterocycles. The van der Waals surface area contributed by atoms with Gasteiger partial charge in [0.15, 0.2) is 0 Å². The Kier molecular flexibility index (Phi) is 8.34. The Morgan fingerprint density at radius 3 is 2.42 bits per heavy atom. The number of fused-ring (bicyclic) bond motifs is 2. The van der Waals surface area contributed by atoms with Gasteiger partial charge < -0.3 is 10.6 Å². The van der Waals surface area contributed by atoms with E-state index in [1.165, 1.54) is 0 Å². The zero-order valence-corrected chi connectivity index (χ0v) is 20.4. The van der Waals surface area contributed by atoms with Crippen molar-refractivity contribution in [1.29, 1.82) is 0 Å². The summed E-state index contributed by atoms with van der Waals surface area (Å²) in [7, 11) is 0. The normalized spacial score (nSPS) is 11.8. The van der Waals surface area contributed by atoms with E-state index in [1.807, 2.05) is 49.4 Å². The monoisotopic (exact) mass is 482 g/mol. The lowest BCUT2D eigenvalue weighted by Crippen LogP contribution is -2.43. The maximum Gasteiger partial charge on any atom is 0.252 e. The number of benzene rings is 3. The Morgan fingerprint density at radius 2 is 1.61 bits per heavy atom. The van der Waals surface area contributed by atoms with Crippen LogP contribution < -0.4 is 10.6 Å². The smallest absolute Gasteiger partial charge is 0.252 e. The van der Waals surface area contributed by atoms with Crippen molar-refractivity contribution in [2.45, 2.75) is 51.5 Å². The number of unbranched alkanes of at least 4 members (excludes halogenated alkanes) is 2. The van der Waals surface area contributed by atoms with Crippen LogP contribution in [0.3, 0.4) is 0 Å². The minimum atomic E-state index is -0.719. The van der Waals surface area contributed by atoms with Crippen molar-refractivity contribution in [3.05, 3.63) is 78.6 Å². The zero-order valence-electron chi connectivity index (χ0n) is 20.4. The van der Waals surface area contributed by atoms with E-state index in [2.05, 4.69) is 20.6 Å². The number of carbonyl (C=O) groups is 3. The Bertz CT molecular complexity index is 1390. The average molecular weight is 483 g/mol. The molecule has 184 valence electrons. The first-order valence-corrected chi connectivity index (χ1v) is 12.4. The predicted molar refractivity (Wildman–Crippen MR) is 142 cm³/mol. The quantitative estimate of drug-likeness (QED) is 0.277. The highest BCUT2D eigenvalue weighted by Gasteiger charge is 2.22. The molecular formula is C29H30N4O3. The second kappa shape index (κ2) is 12.0. The number of amides is 2. The van der Waals surface area contributed by atoms with Crippen molar-refractivity contribution >= 4 is 45.1 Å². The average Bonchev–Trinajstić information content (AvgIpc) is 2.91. The van der Waals surface area contributed by atoms with Gasteiger partial charge in [0.25, 0.3) is 5.91 Å². The topological polar surface area (TPSA) is 101 Å². The second-order valence-corrected chi connectivity index (χ2v) is 8.83. The number of hydrogen-bond donors (Lipinski definition) is 2. The van der Waals surface area contributed by atoms with E-state index in [9.17, 15) is 14.4 Å². The number of aromatic nitrogens is 2. The first-order valence-electron chi connectivity index (χ1n) is 12.4. The molecule has 0 spiro atoms. The Morgan fingerprint density at radius 1 is 0.833 bits per heavy atom. The molecule has 2 amide bonds. The summed E-state index contributed by atoms with van der Waals surface area (Å²) in [5.74, 6) is -0.375. The van der Waals surface area contributed by atoms with Gasteiger partial charge in [0, 0.05) is 36.5 Å². The van der Waals surface area contributed by atoms with Gasteiger partial charge in [-0.2, -0.15) is 0 Å². The van der Waals surface area contributed by atoms with Crippen LogP contribution in [-0.2, 0) is 9.59 Å². The third kappa shape index (κ3) is 6.50. The molecule has 0 aliphatic heterocycles. The standard InChI is InChI=1S/C29H30N4O3/c1-2-24(34)10-4-3-5-11-26(29(36)32-23-14-12-20-8-6-7-9-21(20)18-23)33-28(35)22-13-15-25-27(19-22)31-17-16-30-25/h6-9,12-19,26H,2-5,10-11H2,1H3,(H,32,36)(H,33,35)/t26-/m0/s1. The molecule has 1 atom stereocenters. The van der Waals surface area contributed by atoms with Gasteiger partial charge in [0.05, 0.1) is 11.0 Å². The van der Waals surface area contributed by atoms with E-state index < -0.39 is 6.04 Å². The lowest BCUT2D eigenvalue weighted by atomic mass is 10.0. The number of carbonyl (C=O) groups excluding carboxylic acids is 3. The summed E-state index contributed by atoms with van der Waals surface area (Å²) in [4.78, 5) is 46.4. The van der Waals surface area contributed by atoms with Crippen LogP contribution in [0, 0.1) is 0 Å². The van der Waals surface area contributed by atoms with Gasteiger partial charge in [0.1, 0.15) is 11.8 Å². The minimum Gasteiger partial charge on any atom is -0.340 e. The molecule has 0 aliphatic carbocycles. The molecule has 36 heavy (non-hydrogen) atoms. The summed E-state index contributed by atoms with van der Waals surface area (Å²) < 4.78 is 0. The lowest BCUT2D eigenvalue weighted by Gasteiger charge is -2.19. The van der Waals surface area contributed by atoms with Gasteiger partial charge in [-0.25, -0.2) is 0 Å². The summed E-state index contributed by atoms with van der Waals surface area (Å²) in [6.45, 7) is 1.86. The molecule has 0 unspecified atom stereocenters. The molecule has 2 N–H and O–H groups in total. The maximum absolute atomic E-state index is 13.2. The molecule has 4 rings (SSSR count). The van der Waals surface area contributed by atoms with Crippen LogP contribution >= 0.6 is 0 Å². The van der Waals surface area contributed by atoms with Crippen LogP contribution in [-0.4, -0.2) is 33.6 Å². The lowest BCUT2D eigenvalue weighted by molar-refractivity contribution is -0.119.